The van der Waals surface area contributed by atoms with Gasteiger partial charge in [-0.05, 0) is 60.0 Å². The van der Waals surface area contributed by atoms with Crippen molar-refractivity contribution < 1.29 is 21.2 Å². The second-order valence-electron chi connectivity index (χ2n) is 5.81. The van der Waals surface area contributed by atoms with Crippen LogP contribution in [0.2, 0.25) is 5.02 Å². The molecule has 148 valence electrons. The minimum absolute atomic E-state index is 0.0382. The number of nitrogens with one attached hydrogen (secondary N) is 1. The van der Waals surface area contributed by atoms with Crippen LogP contribution in [0, 0.1) is 5.82 Å². The van der Waals surface area contributed by atoms with Gasteiger partial charge in [-0.25, -0.2) is 25.9 Å². The van der Waals surface area contributed by atoms with Crippen molar-refractivity contribution in [3.8, 4) is 0 Å². The quantitative estimate of drug-likeness (QED) is 0.578. The van der Waals surface area contributed by atoms with Gasteiger partial charge in [0.15, 0.2) is 9.84 Å². The van der Waals surface area contributed by atoms with Crippen LogP contribution >= 0.6 is 22.9 Å². The predicted octanol–water partition coefficient (Wildman–Crippen LogP) is 4.03. The van der Waals surface area contributed by atoms with E-state index in [1.807, 2.05) is 0 Å². The van der Waals surface area contributed by atoms with Crippen molar-refractivity contribution in [1.82, 2.24) is 4.72 Å². The maximum atomic E-state index is 13.1. The summed E-state index contributed by atoms with van der Waals surface area (Å²) in [5.41, 5.74) is 0. The molecule has 3 aromatic rings. The largest absolute Gasteiger partial charge is 0.240 e. The zero-order valence-electron chi connectivity index (χ0n) is 14.2. The van der Waals surface area contributed by atoms with E-state index in [-0.39, 0.29) is 16.3 Å². The third kappa shape index (κ3) is 4.61. The lowest BCUT2D eigenvalue weighted by Crippen LogP contribution is -2.31. The van der Waals surface area contributed by atoms with Gasteiger partial charge in [0.25, 0.3) is 0 Å². The molecule has 10 heteroatoms. The van der Waals surface area contributed by atoms with Crippen LogP contribution in [0.5, 0.6) is 0 Å². The van der Waals surface area contributed by atoms with E-state index in [4.69, 9.17) is 11.6 Å². The van der Waals surface area contributed by atoms with Crippen LogP contribution in [0.15, 0.2) is 75.8 Å². The van der Waals surface area contributed by atoms with Gasteiger partial charge in [0.2, 0.25) is 10.0 Å². The minimum Gasteiger partial charge on any atom is -0.223 e. The summed E-state index contributed by atoms with van der Waals surface area (Å²) < 4.78 is 66.6. The molecule has 1 atom stereocenters. The first-order valence-electron chi connectivity index (χ1n) is 7.98. The summed E-state index contributed by atoms with van der Waals surface area (Å²) in [6.07, 6.45) is 0. The molecule has 0 bridgehead atoms. The van der Waals surface area contributed by atoms with Crippen molar-refractivity contribution in [3.05, 3.63) is 81.8 Å². The van der Waals surface area contributed by atoms with E-state index in [0.717, 1.165) is 24.3 Å². The smallest absolute Gasteiger partial charge is 0.223 e. The molecule has 0 aliphatic rings. The van der Waals surface area contributed by atoms with E-state index in [2.05, 4.69) is 4.72 Å². The molecule has 0 saturated heterocycles. The fraction of sp³-hybridized carbons (Fsp3) is 0.111. The van der Waals surface area contributed by atoms with Gasteiger partial charge in [-0.2, -0.15) is 0 Å². The first-order chi connectivity index (χ1) is 13.2. The third-order valence-corrected chi connectivity index (χ3v) is 8.89. The summed E-state index contributed by atoms with van der Waals surface area (Å²) in [7, 11) is -7.90. The summed E-state index contributed by atoms with van der Waals surface area (Å²) in [5, 5.41) is 0.987. The highest BCUT2D eigenvalue weighted by Gasteiger charge is 2.31. The van der Waals surface area contributed by atoms with Gasteiger partial charge >= 0.3 is 0 Å². The minimum atomic E-state index is -4.01. The number of halogens is 2. The van der Waals surface area contributed by atoms with Crippen molar-refractivity contribution in [3.63, 3.8) is 0 Å². The van der Waals surface area contributed by atoms with Crippen molar-refractivity contribution in [2.24, 2.45) is 0 Å². The Hall–Kier alpha value is -1.78. The molecule has 1 aromatic heterocycles. The molecular formula is C18H15ClFNO4S3. The molecule has 5 nitrogen and oxygen atoms in total. The average molecular weight is 460 g/mol. The number of sulfone groups is 1. The molecule has 0 saturated carbocycles. The first kappa shape index (κ1) is 20.9. The molecule has 0 unspecified atom stereocenters. The maximum absolute atomic E-state index is 13.1. The van der Waals surface area contributed by atoms with Gasteiger partial charge in [0.1, 0.15) is 11.1 Å². The van der Waals surface area contributed by atoms with Crippen LogP contribution in [0.25, 0.3) is 0 Å². The lowest BCUT2D eigenvalue weighted by molar-refractivity contribution is 0.569. The van der Waals surface area contributed by atoms with Gasteiger partial charge < -0.3 is 0 Å². The first-order valence-corrected chi connectivity index (χ1v) is 12.3. The van der Waals surface area contributed by atoms with E-state index < -0.39 is 30.9 Å². The van der Waals surface area contributed by atoms with Gasteiger partial charge in [0, 0.05) is 16.4 Å². The summed E-state index contributed by atoms with van der Waals surface area (Å²) in [5.74, 6) is -0.569. The molecule has 0 aliphatic carbocycles. The Kier molecular flexibility index (Phi) is 6.21. The Bertz CT molecular complexity index is 1140. The summed E-state index contributed by atoms with van der Waals surface area (Å²) >= 11 is 7.04. The Balaban J connectivity index is 1.91. The molecule has 0 amide bonds. The van der Waals surface area contributed by atoms with Crippen LogP contribution in [0.3, 0.4) is 0 Å². The lowest BCUT2D eigenvalue weighted by atomic mass is 10.3. The van der Waals surface area contributed by atoms with E-state index in [1.165, 1.54) is 35.6 Å². The van der Waals surface area contributed by atoms with E-state index in [1.54, 1.807) is 17.5 Å². The van der Waals surface area contributed by atoms with E-state index >= 15 is 0 Å². The molecule has 1 N–H and O–H groups in total. The predicted molar refractivity (Wildman–Crippen MR) is 107 cm³/mol. The van der Waals surface area contributed by atoms with Gasteiger partial charge in [0.05, 0.1) is 9.79 Å². The monoisotopic (exact) mass is 459 g/mol. The summed E-state index contributed by atoms with van der Waals surface area (Å²) in [4.78, 5) is 0.385. The zero-order valence-corrected chi connectivity index (χ0v) is 17.5. The highest BCUT2D eigenvalue weighted by atomic mass is 35.5. The Morgan fingerprint density at radius 1 is 0.929 bits per heavy atom. The second kappa shape index (κ2) is 8.30. The highest BCUT2D eigenvalue weighted by Crippen LogP contribution is 2.32. The van der Waals surface area contributed by atoms with Crippen molar-refractivity contribution in [2.45, 2.75) is 15.0 Å². The normalized spacial score (nSPS) is 13.4. The highest BCUT2D eigenvalue weighted by molar-refractivity contribution is 7.92. The van der Waals surface area contributed by atoms with Crippen molar-refractivity contribution >= 4 is 42.8 Å². The van der Waals surface area contributed by atoms with E-state index in [0.29, 0.717) is 9.90 Å². The Labute approximate surface area is 171 Å². The molecule has 0 spiro atoms. The van der Waals surface area contributed by atoms with Crippen LogP contribution in [0.1, 0.15) is 10.1 Å². The zero-order chi connectivity index (χ0) is 20.4. The molecule has 2 aromatic carbocycles. The van der Waals surface area contributed by atoms with Gasteiger partial charge in [-0.1, -0.05) is 17.7 Å². The second-order valence-corrected chi connectivity index (χ2v) is 11.1. The number of rotatable bonds is 7. The van der Waals surface area contributed by atoms with Crippen molar-refractivity contribution in [1.29, 1.82) is 0 Å². The van der Waals surface area contributed by atoms with Gasteiger partial charge in [-0.3, -0.25) is 0 Å². The van der Waals surface area contributed by atoms with Crippen LogP contribution in [0.4, 0.5) is 4.39 Å². The molecule has 3 rings (SSSR count). The Morgan fingerprint density at radius 2 is 1.54 bits per heavy atom. The maximum Gasteiger partial charge on any atom is 0.240 e. The summed E-state index contributed by atoms with van der Waals surface area (Å²) in [6.45, 7) is -0.370. The standard InChI is InChI=1S/C18H15ClFNO4S3/c19-13-3-7-15(8-4-13)27(22,23)18(17-2-1-11-26-17)12-21-28(24,25)16-9-5-14(20)6-10-16/h1-11,18,21H,12H2/t18-/m1/s1. The van der Waals surface area contributed by atoms with Gasteiger partial charge in [-0.15, -0.1) is 11.3 Å². The SMILES string of the molecule is O=S(=O)(NC[C@H](c1cccs1)S(=O)(=O)c1ccc(Cl)cc1)c1ccc(F)cc1. The molecule has 0 aliphatic heterocycles. The van der Waals surface area contributed by atoms with Crippen LogP contribution in [-0.2, 0) is 19.9 Å². The van der Waals surface area contributed by atoms with Crippen LogP contribution < -0.4 is 4.72 Å². The Morgan fingerprint density at radius 3 is 2.11 bits per heavy atom. The number of hydrogen-bond donors (Lipinski definition) is 1. The number of thiophene rings is 1. The number of benzene rings is 2. The molecule has 28 heavy (non-hydrogen) atoms. The summed E-state index contributed by atoms with van der Waals surface area (Å²) in [6, 6.07) is 13.3. The van der Waals surface area contributed by atoms with Crippen LogP contribution in [-0.4, -0.2) is 23.4 Å². The molecule has 1 heterocycles. The average Bonchev–Trinajstić information content (AvgIpc) is 3.16. The molecular weight excluding hydrogens is 445 g/mol. The molecule has 0 fully saturated rings. The third-order valence-electron chi connectivity index (χ3n) is 3.96. The molecule has 0 radical (unpaired) electrons. The topological polar surface area (TPSA) is 80.3 Å². The number of hydrogen-bond acceptors (Lipinski definition) is 5. The van der Waals surface area contributed by atoms with E-state index in [9.17, 15) is 21.2 Å². The number of sulfonamides is 1. The fourth-order valence-corrected chi connectivity index (χ4v) is 6.57. The fourth-order valence-electron chi connectivity index (χ4n) is 2.51. The van der Waals surface area contributed by atoms with Crippen molar-refractivity contribution in [2.75, 3.05) is 6.54 Å². The lowest BCUT2D eigenvalue weighted by Gasteiger charge is -2.17.